The first kappa shape index (κ1) is 19.4. The maximum absolute atomic E-state index is 12.5. The second-order valence-corrected chi connectivity index (χ2v) is 7.89. The molecule has 0 unspecified atom stereocenters. The maximum Gasteiger partial charge on any atom is 0.317 e. The summed E-state index contributed by atoms with van der Waals surface area (Å²) in [6.45, 7) is 10.1. The van der Waals surface area contributed by atoms with E-state index in [-0.39, 0.29) is 23.7 Å². The molecule has 0 radical (unpaired) electrons. The van der Waals surface area contributed by atoms with Crippen LogP contribution in [0.3, 0.4) is 0 Å². The number of carbonyl (C=O) groups excluding carboxylic acids is 1. The molecule has 0 saturated carbocycles. The summed E-state index contributed by atoms with van der Waals surface area (Å²) in [5, 5.41) is 3.92. The van der Waals surface area contributed by atoms with Crippen molar-refractivity contribution >= 4 is 16.9 Å². The van der Waals surface area contributed by atoms with E-state index < -0.39 is 0 Å². The van der Waals surface area contributed by atoms with Crippen molar-refractivity contribution in [1.82, 2.24) is 19.7 Å². The quantitative estimate of drug-likeness (QED) is 0.900. The third-order valence-corrected chi connectivity index (χ3v) is 5.93. The van der Waals surface area contributed by atoms with Gasteiger partial charge in [-0.25, -0.2) is 4.79 Å². The van der Waals surface area contributed by atoms with E-state index in [1.165, 1.54) is 0 Å². The zero-order chi connectivity index (χ0) is 19.6. The molecule has 0 aliphatic carbocycles. The number of nitrogens with one attached hydrogen (secondary N) is 1. The first-order valence-electron chi connectivity index (χ1n) is 9.69. The molecule has 2 heterocycles. The highest BCUT2D eigenvalue weighted by atomic mass is 16.2. The summed E-state index contributed by atoms with van der Waals surface area (Å²) in [5.41, 5.74) is 1.60. The molecule has 6 heteroatoms. The average molecular weight is 370 g/mol. The fourth-order valence-corrected chi connectivity index (χ4v) is 3.64. The van der Waals surface area contributed by atoms with Gasteiger partial charge >= 0.3 is 6.03 Å². The van der Waals surface area contributed by atoms with Crippen molar-refractivity contribution in [3.63, 3.8) is 0 Å². The number of hydrogen-bond donors (Lipinski definition) is 1. The van der Waals surface area contributed by atoms with E-state index in [1.54, 1.807) is 11.6 Å². The van der Waals surface area contributed by atoms with Crippen LogP contribution in [0.25, 0.3) is 10.9 Å². The van der Waals surface area contributed by atoms with Crippen LogP contribution in [0.5, 0.6) is 0 Å². The van der Waals surface area contributed by atoms with Gasteiger partial charge in [-0.1, -0.05) is 25.1 Å². The SMILES string of the molecule is CCC(C)(C)N1CCN(C(=O)NCc2cc3ccccc3n(C)c2=O)CC1. The van der Waals surface area contributed by atoms with Crippen LogP contribution in [0.1, 0.15) is 32.8 Å². The predicted molar refractivity (Wildman–Crippen MR) is 109 cm³/mol. The minimum Gasteiger partial charge on any atom is -0.334 e. The summed E-state index contributed by atoms with van der Waals surface area (Å²) in [6.07, 6.45) is 1.09. The molecule has 146 valence electrons. The van der Waals surface area contributed by atoms with Gasteiger partial charge in [0, 0.05) is 50.9 Å². The van der Waals surface area contributed by atoms with Crippen molar-refractivity contribution in [1.29, 1.82) is 0 Å². The lowest BCUT2D eigenvalue weighted by Gasteiger charge is -2.43. The average Bonchev–Trinajstić information content (AvgIpc) is 2.69. The van der Waals surface area contributed by atoms with Crippen molar-refractivity contribution in [3.8, 4) is 0 Å². The molecular formula is C21H30N4O2. The van der Waals surface area contributed by atoms with Gasteiger partial charge in [0.15, 0.2) is 0 Å². The first-order valence-corrected chi connectivity index (χ1v) is 9.69. The van der Waals surface area contributed by atoms with E-state index in [9.17, 15) is 9.59 Å². The Balaban J connectivity index is 1.63. The van der Waals surface area contributed by atoms with Gasteiger partial charge in [0.1, 0.15) is 0 Å². The van der Waals surface area contributed by atoms with Crippen LogP contribution in [0.2, 0.25) is 0 Å². The number of aryl methyl sites for hydroxylation is 1. The molecule has 6 nitrogen and oxygen atoms in total. The molecule has 3 rings (SSSR count). The molecule has 27 heavy (non-hydrogen) atoms. The summed E-state index contributed by atoms with van der Waals surface area (Å²) in [6, 6.07) is 9.55. The number of amides is 2. The third kappa shape index (κ3) is 4.00. The second kappa shape index (κ2) is 7.72. The normalized spacial score (nSPS) is 15.9. The van der Waals surface area contributed by atoms with Crippen LogP contribution in [-0.2, 0) is 13.6 Å². The van der Waals surface area contributed by atoms with Crippen molar-refractivity contribution < 1.29 is 4.79 Å². The van der Waals surface area contributed by atoms with Gasteiger partial charge in [0.05, 0.1) is 5.52 Å². The highest BCUT2D eigenvalue weighted by molar-refractivity contribution is 5.80. The van der Waals surface area contributed by atoms with E-state index in [2.05, 4.69) is 31.0 Å². The number of urea groups is 1. The number of rotatable bonds is 4. The number of hydrogen-bond acceptors (Lipinski definition) is 3. The Bertz CT molecular complexity index is 879. The highest BCUT2D eigenvalue weighted by Crippen LogP contribution is 2.20. The number of nitrogens with zero attached hydrogens (tertiary/aromatic N) is 3. The lowest BCUT2D eigenvalue weighted by molar-refractivity contribution is 0.0614. The fraction of sp³-hybridized carbons (Fsp3) is 0.524. The topological polar surface area (TPSA) is 57.6 Å². The number of pyridine rings is 1. The minimum absolute atomic E-state index is 0.0662. The second-order valence-electron chi connectivity index (χ2n) is 7.89. The van der Waals surface area contributed by atoms with E-state index in [0.717, 1.165) is 30.4 Å². The lowest BCUT2D eigenvalue weighted by atomic mass is 9.98. The molecule has 0 atom stereocenters. The summed E-state index contributed by atoms with van der Waals surface area (Å²) in [5.74, 6) is 0. The Labute approximate surface area is 160 Å². The van der Waals surface area contributed by atoms with E-state index >= 15 is 0 Å². The molecule has 1 aromatic heterocycles. The molecule has 1 aromatic carbocycles. The van der Waals surface area contributed by atoms with Gasteiger partial charge in [-0.05, 0) is 37.8 Å². The van der Waals surface area contributed by atoms with Crippen LogP contribution < -0.4 is 10.9 Å². The molecule has 0 bridgehead atoms. The van der Waals surface area contributed by atoms with E-state index in [1.807, 2.05) is 35.2 Å². The predicted octanol–water partition coefficient (Wildman–Crippen LogP) is 2.55. The van der Waals surface area contributed by atoms with Crippen molar-refractivity contribution in [3.05, 3.63) is 46.2 Å². The Morgan fingerprint density at radius 1 is 1.15 bits per heavy atom. The van der Waals surface area contributed by atoms with Gasteiger partial charge < -0.3 is 14.8 Å². The van der Waals surface area contributed by atoms with E-state index in [4.69, 9.17) is 0 Å². The third-order valence-electron chi connectivity index (χ3n) is 5.93. The Morgan fingerprint density at radius 3 is 2.48 bits per heavy atom. The van der Waals surface area contributed by atoms with Crippen molar-refractivity contribution in [2.24, 2.45) is 7.05 Å². The number of benzene rings is 1. The summed E-state index contributed by atoms with van der Waals surface area (Å²) < 4.78 is 1.64. The summed E-state index contributed by atoms with van der Waals surface area (Å²) >= 11 is 0. The van der Waals surface area contributed by atoms with Gasteiger partial charge in [-0.2, -0.15) is 0 Å². The smallest absolute Gasteiger partial charge is 0.317 e. The Morgan fingerprint density at radius 2 is 1.81 bits per heavy atom. The minimum atomic E-state index is -0.0980. The Hall–Kier alpha value is -2.34. The van der Waals surface area contributed by atoms with Gasteiger partial charge in [-0.3, -0.25) is 9.69 Å². The largest absolute Gasteiger partial charge is 0.334 e. The Kier molecular flexibility index (Phi) is 5.56. The van der Waals surface area contributed by atoms with E-state index in [0.29, 0.717) is 18.7 Å². The molecular weight excluding hydrogens is 340 g/mol. The van der Waals surface area contributed by atoms with Gasteiger partial charge in [-0.15, -0.1) is 0 Å². The van der Waals surface area contributed by atoms with Crippen molar-refractivity contribution in [2.45, 2.75) is 39.3 Å². The maximum atomic E-state index is 12.5. The lowest BCUT2D eigenvalue weighted by Crippen LogP contribution is -2.57. The zero-order valence-electron chi connectivity index (χ0n) is 16.8. The van der Waals surface area contributed by atoms with Gasteiger partial charge in [0.25, 0.3) is 5.56 Å². The number of para-hydroxylation sites is 1. The molecule has 0 spiro atoms. The molecule has 1 N–H and O–H groups in total. The van der Waals surface area contributed by atoms with Crippen LogP contribution in [-0.4, -0.2) is 52.1 Å². The van der Waals surface area contributed by atoms with Crippen molar-refractivity contribution in [2.75, 3.05) is 26.2 Å². The summed E-state index contributed by atoms with van der Waals surface area (Å²) in [4.78, 5) is 29.4. The standard InChI is InChI=1S/C21H30N4O2/c1-5-21(2,3)25-12-10-24(11-13-25)20(27)22-15-17-14-16-8-6-7-9-18(16)23(4)19(17)26/h6-9,14H,5,10-13,15H2,1-4H3,(H,22,27). The van der Waals surface area contributed by atoms with Gasteiger partial charge in [0.2, 0.25) is 0 Å². The van der Waals surface area contributed by atoms with Crippen LogP contribution in [0, 0.1) is 0 Å². The molecule has 1 saturated heterocycles. The highest BCUT2D eigenvalue weighted by Gasteiger charge is 2.29. The monoisotopic (exact) mass is 370 g/mol. The summed E-state index contributed by atoms with van der Waals surface area (Å²) in [7, 11) is 1.77. The van der Waals surface area contributed by atoms with Crippen LogP contribution >= 0.6 is 0 Å². The zero-order valence-corrected chi connectivity index (χ0v) is 16.8. The molecule has 1 fully saturated rings. The number of aromatic nitrogens is 1. The number of piperazine rings is 1. The van der Waals surface area contributed by atoms with Crippen LogP contribution in [0.4, 0.5) is 4.79 Å². The fourth-order valence-electron chi connectivity index (χ4n) is 3.64. The molecule has 1 aliphatic heterocycles. The van der Waals surface area contributed by atoms with Crippen LogP contribution in [0.15, 0.2) is 35.1 Å². The molecule has 2 amide bonds. The number of fused-ring (bicyclic) bond motifs is 1. The first-order chi connectivity index (χ1) is 12.8. The number of carbonyl (C=O) groups is 1. The molecule has 1 aliphatic rings. The molecule has 2 aromatic rings.